The van der Waals surface area contributed by atoms with E-state index in [1.54, 1.807) is 0 Å². The minimum Gasteiger partial charge on any atom is -0.383 e. The summed E-state index contributed by atoms with van der Waals surface area (Å²) in [4.78, 5) is 6.23. The van der Waals surface area contributed by atoms with Gasteiger partial charge < -0.3 is 10.6 Å². The van der Waals surface area contributed by atoms with Gasteiger partial charge in [-0.2, -0.15) is 4.31 Å². The normalized spacial score (nSPS) is 16.2. The zero-order valence-electron chi connectivity index (χ0n) is 14.2. The Morgan fingerprint density at radius 2 is 1.80 bits per heavy atom. The largest absolute Gasteiger partial charge is 0.383 e. The fraction of sp³-hybridized carbons (Fsp3) is 0.353. The molecule has 2 heterocycles. The topological polar surface area (TPSA) is 79.5 Å². The number of nitrogens with zero attached hydrogens (tertiary/aromatic N) is 3. The molecule has 1 aliphatic heterocycles. The van der Waals surface area contributed by atoms with Crippen LogP contribution in [-0.4, -0.2) is 43.9 Å². The quantitative estimate of drug-likeness (QED) is 0.818. The molecule has 2 N–H and O–H groups in total. The third-order valence-corrected chi connectivity index (χ3v) is 6.77. The van der Waals surface area contributed by atoms with Crippen molar-refractivity contribution in [2.45, 2.75) is 18.7 Å². The van der Waals surface area contributed by atoms with Crippen LogP contribution in [0.3, 0.4) is 0 Å². The monoisotopic (exact) mass is 424 g/mol. The van der Waals surface area contributed by atoms with Gasteiger partial charge in [0.1, 0.15) is 10.7 Å². The summed E-state index contributed by atoms with van der Waals surface area (Å²) < 4.78 is 27.9. The summed E-state index contributed by atoms with van der Waals surface area (Å²) >= 11 is 3.26. The smallest absolute Gasteiger partial charge is 0.246 e. The third kappa shape index (κ3) is 3.65. The van der Waals surface area contributed by atoms with E-state index in [1.165, 1.54) is 33.4 Å². The summed E-state index contributed by atoms with van der Waals surface area (Å²) in [7, 11) is -3.65. The molecule has 1 aromatic heterocycles. The third-order valence-electron chi connectivity index (χ3n) is 4.41. The molecule has 0 aliphatic carbocycles. The van der Waals surface area contributed by atoms with Gasteiger partial charge in [-0.25, -0.2) is 13.4 Å². The standard InChI is InChI=1S/C17H21BrN4O2S/c1-12-3-4-13(2)15(9-12)21-5-7-22(8-6-21)25(23,24)16-10-14(18)11-20-17(16)19/h3-4,9-11H,5-8H2,1-2H3,(H2,19,20). The summed E-state index contributed by atoms with van der Waals surface area (Å²) in [5.74, 6) is 0.0279. The van der Waals surface area contributed by atoms with Gasteiger partial charge in [0.05, 0.1) is 0 Å². The number of sulfonamides is 1. The highest BCUT2D eigenvalue weighted by Gasteiger charge is 2.31. The Balaban J connectivity index is 1.80. The molecule has 1 fully saturated rings. The van der Waals surface area contributed by atoms with Crippen LogP contribution in [-0.2, 0) is 10.0 Å². The van der Waals surface area contributed by atoms with E-state index < -0.39 is 10.0 Å². The van der Waals surface area contributed by atoms with E-state index in [0.717, 1.165) is 0 Å². The van der Waals surface area contributed by atoms with Crippen molar-refractivity contribution in [3.63, 3.8) is 0 Å². The Morgan fingerprint density at radius 3 is 2.48 bits per heavy atom. The molecular weight excluding hydrogens is 404 g/mol. The lowest BCUT2D eigenvalue weighted by Crippen LogP contribution is -2.49. The van der Waals surface area contributed by atoms with E-state index >= 15 is 0 Å². The average molecular weight is 425 g/mol. The van der Waals surface area contributed by atoms with E-state index in [0.29, 0.717) is 30.7 Å². The number of pyridine rings is 1. The van der Waals surface area contributed by atoms with Gasteiger partial charge in [0.15, 0.2) is 0 Å². The lowest BCUT2D eigenvalue weighted by atomic mass is 10.1. The van der Waals surface area contributed by atoms with Crippen molar-refractivity contribution in [2.24, 2.45) is 0 Å². The highest BCUT2D eigenvalue weighted by molar-refractivity contribution is 9.10. The first-order valence-corrected chi connectivity index (χ1v) is 10.3. The van der Waals surface area contributed by atoms with Crippen LogP contribution in [0.2, 0.25) is 0 Å². The average Bonchev–Trinajstić information content (AvgIpc) is 2.59. The second-order valence-electron chi connectivity index (χ2n) is 6.22. The van der Waals surface area contributed by atoms with Crippen LogP contribution in [0.4, 0.5) is 11.5 Å². The van der Waals surface area contributed by atoms with Crippen LogP contribution in [0.1, 0.15) is 11.1 Å². The minimum atomic E-state index is -3.65. The van der Waals surface area contributed by atoms with Crippen LogP contribution in [0.25, 0.3) is 0 Å². The summed E-state index contributed by atoms with van der Waals surface area (Å²) in [6.45, 7) is 6.26. The molecule has 8 heteroatoms. The molecular formula is C17H21BrN4O2S. The molecule has 25 heavy (non-hydrogen) atoms. The van der Waals surface area contributed by atoms with E-state index in [1.807, 2.05) is 0 Å². The van der Waals surface area contributed by atoms with Crippen molar-refractivity contribution in [2.75, 3.05) is 36.8 Å². The van der Waals surface area contributed by atoms with Gasteiger partial charge in [0, 0.05) is 42.5 Å². The number of hydrogen-bond donors (Lipinski definition) is 1. The predicted molar refractivity (Wildman–Crippen MR) is 103 cm³/mol. The molecule has 0 saturated carbocycles. The summed E-state index contributed by atoms with van der Waals surface area (Å²) in [6, 6.07) is 7.84. The maximum Gasteiger partial charge on any atom is 0.246 e. The molecule has 6 nitrogen and oxygen atoms in total. The van der Waals surface area contributed by atoms with Gasteiger partial charge in [-0.15, -0.1) is 0 Å². The number of hydrogen-bond acceptors (Lipinski definition) is 5. The summed E-state index contributed by atoms with van der Waals surface area (Å²) in [5, 5.41) is 0. The molecule has 134 valence electrons. The first-order valence-electron chi connectivity index (χ1n) is 8.02. The van der Waals surface area contributed by atoms with Gasteiger partial charge in [0.2, 0.25) is 10.0 Å². The van der Waals surface area contributed by atoms with Gasteiger partial charge in [0.25, 0.3) is 0 Å². The van der Waals surface area contributed by atoms with E-state index in [9.17, 15) is 8.42 Å². The summed E-state index contributed by atoms with van der Waals surface area (Å²) in [6.07, 6.45) is 1.49. The maximum atomic E-state index is 12.9. The van der Waals surface area contributed by atoms with Gasteiger partial charge in [-0.05, 0) is 53.0 Å². The Bertz CT molecular complexity index is 894. The van der Waals surface area contributed by atoms with Crippen molar-refractivity contribution in [1.29, 1.82) is 0 Å². The minimum absolute atomic E-state index is 0.0279. The van der Waals surface area contributed by atoms with Gasteiger partial charge >= 0.3 is 0 Å². The van der Waals surface area contributed by atoms with E-state index in [4.69, 9.17) is 5.73 Å². The van der Waals surface area contributed by atoms with E-state index in [2.05, 4.69) is 57.9 Å². The van der Waals surface area contributed by atoms with Crippen LogP contribution in [0, 0.1) is 13.8 Å². The van der Waals surface area contributed by atoms with Crippen molar-refractivity contribution in [3.8, 4) is 0 Å². The summed E-state index contributed by atoms with van der Waals surface area (Å²) in [5.41, 5.74) is 9.35. The maximum absolute atomic E-state index is 12.9. The molecule has 3 rings (SSSR count). The van der Waals surface area contributed by atoms with Gasteiger partial charge in [-0.1, -0.05) is 12.1 Å². The second-order valence-corrected chi connectivity index (χ2v) is 9.04. The zero-order valence-corrected chi connectivity index (χ0v) is 16.6. The number of halogens is 1. The zero-order chi connectivity index (χ0) is 18.2. The molecule has 1 aromatic carbocycles. The fourth-order valence-corrected chi connectivity index (χ4v) is 5.00. The Kier molecular flexibility index (Phi) is 5.04. The van der Waals surface area contributed by atoms with Crippen LogP contribution in [0.15, 0.2) is 39.8 Å². The molecule has 1 saturated heterocycles. The lowest BCUT2D eigenvalue weighted by molar-refractivity contribution is 0.385. The number of piperazine rings is 1. The number of benzene rings is 1. The molecule has 1 aliphatic rings. The number of aryl methyl sites for hydroxylation is 2. The molecule has 0 unspecified atom stereocenters. The molecule has 0 bridgehead atoms. The number of nitrogen functional groups attached to an aromatic ring is 1. The lowest BCUT2D eigenvalue weighted by Gasteiger charge is -2.36. The van der Waals surface area contributed by atoms with E-state index in [-0.39, 0.29) is 10.7 Å². The van der Waals surface area contributed by atoms with Crippen LogP contribution < -0.4 is 10.6 Å². The van der Waals surface area contributed by atoms with Crippen molar-refractivity contribution in [1.82, 2.24) is 9.29 Å². The Hall–Kier alpha value is -1.64. The van der Waals surface area contributed by atoms with Crippen LogP contribution in [0.5, 0.6) is 0 Å². The first-order chi connectivity index (χ1) is 11.8. The Morgan fingerprint density at radius 1 is 1.12 bits per heavy atom. The number of aromatic nitrogens is 1. The van der Waals surface area contributed by atoms with Gasteiger partial charge in [-0.3, -0.25) is 0 Å². The van der Waals surface area contributed by atoms with Crippen molar-refractivity contribution >= 4 is 37.5 Å². The second kappa shape index (κ2) is 6.93. The number of nitrogens with two attached hydrogens (primary N) is 1. The first kappa shape index (κ1) is 18.2. The fourth-order valence-electron chi connectivity index (χ4n) is 3.01. The van der Waals surface area contributed by atoms with Crippen molar-refractivity contribution < 1.29 is 8.42 Å². The van der Waals surface area contributed by atoms with Crippen LogP contribution >= 0.6 is 15.9 Å². The molecule has 0 radical (unpaired) electrons. The number of rotatable bonds is 3. The molecule has 2 aromatic rings. The highest BCUT2D eigenvalue weighted by Crippen LogP contribution is 2.27. The molecule has 0 atom stereocenters. The SMILES string of the molecule is Cc1ccc(C)c(N2CCN(S(=O)(=O)c3cc(Br)cnc3N)CC2)c1. The Labute approximate surface area is 156 Å². The number of anilines is 2. The highest BCUT2D eigenvalue weighted by atomic mass is 79.9. The molecule has 0 amide bonds. The molecule has 0 spiro atoms. The van der Waals surface area contributed by atoms with Crippen molar-refractivity contribution in [3.05, 3.63) is 46.1 Å². The predicted octanol–water partition coefficient (Wildman–Crippen LogP) is 2.55.